The van der Waals surface area contributed by atoms with Crippen LogP contribution in [-0.2, 0) is 37.0 Å². The van der Waals surface area contributed by atoms with Crippen LogP contribution in [0.3, 0.4) is 0 Å². The van der Waals surface area contributed by atoms with Crippen LogP contribution in [0.15, 0.2) is 22.2 Å². The number of amides is 2. The number of nitrogens with zero attached hydrogens (tertiary/aromatic N) is 6. The van der Waals surface area contributed by atoms with E-state index < -0.39 is 114 Å². The van der Waals surface area contributed by atoms with Crippen LogP contribution >= 0.6 is 18.8 Å². The number of carbonyl (C=O) groups is 2. The average molecular weight is 997 g/mol. The lowest BCUT2D eigenvalue weighted by molar-refractivity contribution is -0.119. The molecule has 0 saturated carbocycles. The van der Waals surface area contributed by atoms with E-state index in [0.29, 0.717) is 0 Å². The molecule has 6 N–H and O–H groups in total. The van der Waals surface area contributed by atoms with Crippen LogP contribution in [0.1, 0.15) is 81.7 Å². The molecule has 0 spiro atoms. The van der Waals surface area contributed by atoms with Crippen molar-refractivity contribution in [2.75, 3.05) is 23.8 Å². The van der Waals surface area contributed by atoms with E-state index in [-0.39, 0.29) is 50.2 Å². The summed E-state index contributed by atoms with van der Waals surface area (Å²) in [5.74, 6) is -1.93. The minimum absolute atomic E-state index is 0.00733. The molecule has 22 nitrogen and oxygen atoms in total. The maximum Gasteiger partial charge on any atom is 0.280 e. The van der Waals surface area contributed by atoms with Gasteiger partial charge in [-0.1, -0.05) is 81.5 Å². The Morgan fingerprint density at radius 3 is 1.65 bits per heavy atom. The van der Waals surface area contributed by atoms with E-state index >= 15 is 4.57 Å². The lowest BCUT2D eigenvalue weighted by Crippen LogP contribution is -2.50. The Labute approximate surface area is 389 Å². The minimum Gasteiger partial charge on any atom is -0.410 e. The summed E-state index contributed by atoms with van der Waals surface area (Å²) in [4.78, 5) is 74.2. The molecule has 4 aromatic heterocycles. The van der Waals surface area contributed by atoms with Crippen molar-refractivity contribution in [2.45, 2.75) is 154 Å². The van der Waals surface area contributed by atoms with Crippen molar-refractivity contribution in [3.63, 3.8) is 0 Å². The van der Waals surface area contributed by atoms with Crippen LogP contribution in [0.4, 0.5) is 11.9 Å². The van der Waals surface area contributed by atoms with E-state index in [4.69, 9.17) is 35.1 Å². The number of anilines is 2. The van der Waals surface area contributed by atoms with Gasteiger partial charge in [-0.05, 0) is 36.3 Å². The van der Waals surface area contributed by atoms with Crippen molar-refractivity contribution in [3.8, 4) is 0 Å². The monoisotopic (exact) mass is 996 g/mol. The summed E-state index contributed by atoms with van der Waals surface area (Å²) < 4.78 is 51.4. The molecule has 3 unspecified atom stereocenters. The molecule has 0 bridgehead atoms. The predicted molar refractivity (Wildman–Crippen MR) is 255 cm³/mol. The number of H-pyrrole nitrogens is 2. The van der Waals surface area contributed by atoms with E-state index in [2.05, 4.69) is 40.5 Å². The highest BCUT2D eigenvalue weighted by atomic mass is 32.7. The van der Waals surface area contributed by atoms with E-state index in [1.807, 2.05) is 67.7 Å². The molecule has 2 fully saturated rings. The number of fused-ring (bicyclic) bond motifs is 2. The second kappa shape index (κ2) is 18.7. The molecule has 6 heterocycles. The molecule has 26 heteroatoms. The van der Waals surface area contributed by atoms with E-state index in [9.17, 15) is 29.4 Å². The molecular formula is C40H65N10O12PSSi2. The predicted octanol–water partition coefficient (Wildman–Crippen LogP) is 4.88. The lowest BCUT2D eigenvalue weighted by atomic mass is 10.1. The van der Waals surface area contributed by atoms with Gasteiger partial charge in [0.2, 0.25) is 23.7 Å². The highest BCUT2D eigenvalue weighted by molar-refractivity contribution is 8.46. The zero-order valence-electron chi connectivity index (χ0n) is 39.9. The van der Waals surface area contributed by atoms with Gasteiger partial charge in [0.25, 0.3) is 17.7 Å². The van der Waals surface area contributed by atoms with Gasteiger partial charge in [-0.25, -0.2) is 9.97 Å². The number of aromatic amines is 2. The summed E-state index contributed by atoms with van der Waals surface area (Å²) in [5.41, 5.74) is -2.78. The lowest BCUT2D eigenvalue weighted by Gasteiger charge is -2.41. The van der Waals surface area contributed by atoms with Crippen molar-refractivity contribution >= 4 is 81.5 Å². The number of nitrogens with one attached hydrogen (secondary N) is 4. The highest BCUT2D eigenvalue weighted by Gasteiger charge is 2.58. The highest BCUT2D eigenvalue weighted by Crippen LogP contribution is 2.65. The van der Waals surface area contributed by atoms with Crippen molar-refractivity contribution in [1.29, 1.82) is 0 Å². The molecule has 66 heavy (non-hydrogen) atoms. The van der Waals surface area contributed by atoms with Gasteiger partial charge in [-0.3, -0.25) is 53.5 Å². The SMILES string of the molecule is CC(C)C(=O)Nc1nc2c(ncn2[C@@H]2O[C@H](COP(=O)(S)[C@@H]3C(O[Si](C)(C)C(C)(C)C)[C@@H](CO)O[C@H]3n3cnc4c(=O)[nH]c(NC(=O)C(C)C)nc43)C(O[Si](C)(C)C(C)(C)C)[C@H]2O)c(=O)[nH]1. The molecule has 2 aliphatic heterocycles. The Hall–Kier alpha value is -3.63. The van der Waals surface area contributed by atoms with E-state index in [1.165, 1.54) is 21.8 Å². The Balaban J connectivity index is 1.41. The van der Waals surface area contributed by atoms with Gasteiger partial charge in [-0.2, -0.15) is 9.97 Å². The number of carbonyl (C=O) groups excluding carboxylic acids is 2. The fourth-order valence-electron chi connectivity index (χ4n) is 6.98. The summed E-state index contributed by atoms with van der Waals surface area (Å²) in [6.45, 7) is 21.5. The summed E-state index contributed by atoms with van der Waals surface area (Å²) in [7, 11) is -5.44. The minimum atomic E-state index is -4.36. The summed E-state index contributed by atoms with van der Waals surface area (Å²) in [6, 6.07) is 0. The zero-order valence-corrected chi connectivity index (χ0v) is 43.7. The van der Waals surface area contributed by atoms with Crippen LogP contribution in [0.5, 0.6) is 0 Å². The molecule has 2 saturated heterocycles. The van der Waals surface area contributed by atoms with Crippen LogP contribution in [0.2, 0.25) is 36.3 Å². The Bertz CT molecular complexity index is 2620. The van der Waals surface area contributed by atoms with Crippen LogP contribution < -0.4 is 21.8 Å². The Morgan fingerprint density at radius 2 is 1.23 bits per heavy atom. The number of rotatable bonds is 15. The van der Waals surface area contributed by atoms with Crippen molar-refractivity contribution in [3.05, 3.63) is 33.4 Å². The van der Waals surface area contributed by atoms with Crippen LogP contribution in [0, 0.1) is 11.8 Å². The largest absolute Gasteiger partial charge is 0.410 e. The molecule has 0 aliphatic carbocycles. The number of ether oxygens (including phenoxy) is 2. The standard InChI is InChI=1S/C40H65N10O12PSSi2/c1-19(2)31(53)45-37-43-29-23(33(55)47-37)41-17-49(29)35-25(52)26(61-65(11,12)39(5,6)7)22(60-35)16-58-63(57,64)28-27(62-66(13,14)40(8,9)10)21(15-51)59-36(28)50-18-42-24-30(50)44-38(48-34(24)56)46-32(54)20(3)4/h17-22,25-28,35-36,51-52H,15-16H2,1-14H3,(H,57,64)(H2,43,45,47,53,55)(H2,44,46,48,54,56)/t21-,22-,25-,26?,27?,28-,35-,36-,63?/m1/s1. The first-order chi connectivity index (χ1) is 30.4. The third-order valence-electron chi connectivity index (χ3n) is 13.0. The Morgan fingerprint density at radius 1 is 0.803 bits per heavy atom. The molecule has 0 radical (unpaired) electrons. The van der Waals surface area contributed by atoms with Gasteiger partial charge in [0.05, 0.1) is 32.0 Å². The quantitative estimate of drug-likeness (QED) is 0.0475. The number of thiol groups is 1. The molecular weight excluding hydrogens is 932 g/mol. The smallest absolute Gasteiger partial charge is 0.280 e. The number of hydrogen-bond donors (Lipinski definition) is 7. The third-order valence-corrected chi connectivity index (χ3v) is 24.9. The number of hydrogen-bond acceptors (Lipinski definition) is 16. The van der Waals surface area contributed by atoms with Crippen molar-refractivity contribution in [2.24, 2.45) is 11.8 Å². The molecule has 366 valence electrons. The topological polar surface area (TPSA) is 289 Å². The van der Waals surface area contributed by atoms with Gasteiger partial charge in [0.1, 0.15) is 30.1 Å². The van der Waals surface area contributed by atoms with Crippen molar-refractivity contribution in [1.82, 2.24) is 39.0 Å². The first-order valence-electron chi connectivity index (χ1n) is 21.9. The first kappa shape index (κ1) is 51.8. The molecule has 2 aliphatic rings. The Kier molecular flexibility index (Phi) is 14.7. The van der Waals surface area contributed by atoms with Gasteiger partial charge < -0.3 is 33.1 Å². The van der Waals surface area contributed by atoms with Crippen LogP contribution in [0.25, 0.3) is 22.3 Å². The number of aliphatic hydroxyl groups is 2. The zero-order chi connectivity index (χ0) is 49.2. The molecule has 4 aromatic rings. The van der Waals surface area contributed by atoms with Gasteiger partial charge in [0.15, 0.2) is 51.4 Å². The maximum absolute atomic E-state index is 15.5. The molecule has 0 aromatic carbocycles. The molecule has 2 amide bonds. The maximum atomic E-state index is 15.5. The van der Waals surface area contributed by atoms with Gasteiger partial charge >= 0.3 is 0 Å². The average Bonchev–Trinajstić information content (AvgIpc) is 3.97. The number of aliphatic hydroxyl groups excluding tert-OH is 2. The third kappa shape index (κ3) is 10.2. The van der Waals surface area contributed by atoms with E-state index in [1.54, 1.807) is 27.7 Å². The second-order valence-electron chi connectivity index (χ2n) is 20.6. The van der Waals surface area contributed by atoms with Gasteiger partial charge in [0, 0.05) is 11.8 Å². The first-order valence-corrected chi connectivity index (χ1v) is 30.5. The number of aromatic nitrogens is 8. The normalized spacial score (nSPS) is 25.3. The molecule has 6 rings (SSSR count). The summed E-state index contributed by atoms with van der Waals surface area (Å²) in [6.07, 6.45) is -5.76. The summed E-state index contributed by atoms with van der Waals surface area (Å²) in [5, 5.41) is 27.5. The number of imidazole rings is 2. The second-order valence-corrected chi connectivity index (χ2v) is 33.8. The fourth-order valence-corrected chi connectivity index (χ4v) is 12.4. The summed E-state index contributed by atoms with van der Waals surface area (Å²) >= 11 is 4.77. The molecule has 9 atom stereocenters. The van der Waals surface area contributed by atoms with E-state index in [0.717, 1.165) is 0 Å². The fraction of sp³-hybridized carbons (Fsp3) is 0.700. The van der Waals surface area contributed by atoms with Crippen molar-refractivity contribution < 1.29 is 47.2 Å². The van der Waals surface area contributed by atoms with Gasteiger partial charge in [-0.15, -0.1) is 0 Å². The van der Waals surface area contributed by atoms with Crippen LogP contribution in [-0.4, -0.2) is 127 Å².